The van der Waals surface area contributed by atoms with Gasteiger partial charge in [0.25, 0.3) is 5.69 Å². The Morgan fingerprint density at radius 3 is 2.58 bits per heavy atom. The van der Waals surface area contributed by atoms with Gasteiger partial charge in [-0.15, -0.1) is 0 Å². The summed E-state index contributed by atoms with van der Waals surface area (Å²) in [4.78, 5) is 12.2. The molecule has 0 radical (unpaired) electrons. The predicted molar refractivity (Wildman–Crippen MR) is 76.8 cm³/mol. The van der Waals surface area contributed by atoms with Crippen LogP contribution < -0.4 is 0 Å². The molecule has 0 aromatic heterocycles. The molecule has 0 aliphatic rings. The van der Waals surface area contributed by atoms with Gasteiger partial charge in [-0.1, -0.05) is 12.1 Å². The van der Waals surface area contributed by atoms with E-state index in [1.165, 1.54) is 12.3 Å². The highest BCUT2D eigenvalue weighted by molar-refractivity contribution is 9.10. The van der Waals surface area contributed by atoms with E-state index < -0.39 is 14.8 Å². The highest BCUT2D eigenvalue weighted by atomic mass is 79.9. The largest absolute Gasteiger partial charge is 0.301 e. The molecule has 0 atom stereocenters. The van der Waals surface area contributed by atoms with Crippen LogP contribution in [0.4, 0.5) is 5.69 Å². The van der Waals surface area contributed by atoms with Gasteiger partial charge in [-0.05, 0) is 28.5 Å². The second-order valence-electron chi connectivity index (χ2n) is 4.38. The summed E-state index contributed by atoms with van der Waals surface area (Å²) >= 11 is 3.21. The first-order valence-corrected chi connectivity index (χ1v) is 8.34. The summed E-state index contributed by atoms with van der Waals surface area (Å²) in [6.07, 6.45) is 1.18. The van der Waals surface area contributed by atoms with Crippen LogP contribution in [0.1, 0.15) is 5.56 Å². The van der Waals surface area contributed by atoms with Crippen molar-refractivity contribution < 1.29 is 13.3 Å². The van der Waals surface area contributed by atoms with E-state index in [1.54, 1.807) is 19.2 Å². The highest BCUT2D eigenvalue weighted by Gasteiger charge is 2.16. The first kappa shape index (κ1) is 16.1. The standard InChI is InChI=1S/C11H15BrN2O4S/c1-13(6-7-19(2,17)18)8-9-4-3-5-10(11(9)12)14(15)16/h3-5H,6-8H2,1-2H3. The number of hydrogen-bond acceptors (Lipinski definition) is 5. The summed E-state index contributed by atoms with van der Waals surface area (Å²) in [6.45, 7) is 0.825. The van der Waals surface area contributed by atoms with Gasteiger partial charge in [0.2, 0.25) is 0 Å². The maximum Gasteiger partial charge on any atom is 0.283 e. The third-order valence-electron chi connectivity index (χ3n) is 2.54. The van der Waals surface area contributed by atoms with E-state index in [-0.39, 0.29) is 11.4 Å². The average Bonchev–Trinajstić information content (AvgIpc) is 2.28. The Kier molecular flexibility index (Phi) is 5.45. The number of nitrogens with zero attached hydrogens (tertiary/aromatic N) is 2. The molecule has 0 saturated carbocycles. The molecular formula is C11H15BrN2O4S. The molecule has 0 N–H and O–H groups in total. The summed E-state index contributed by atoms with van der Waals surface area (Å²) in [6, 6.07) is 4.81. The van der Waals surface area contributed by atoms with Crippen molar-refractivity contribution in [3.05, 3.63) is 38.3 Å². The van der Waals surface area contributed by atoms with Crippen molar-refractivity contribution >= 4 is 31.5 Å². The van der Waals surface area contributed by atoms with Crippen molar-refractivity contribution in [1.29, 1.82) is 0 Å². The first-order chi connectivity index (χ1) is 8.70. The molecule has 0 aliphatic carbocycles. The van der Waals surface area contributed by atoms with E-state index in [1.807, 2.05) is 4.90 Å². The zero-order valence-electron chi connectivity index (χ0n) is 10.7. The summed E-state index contributed by atoms with van der Waals surface area (Å²) < 4.78 is 22.6. The highest BCUT2D eigenvalue weighted by Crippen LogP contribution is 2.28. The van der Waals surface area contributed by atoms with Gasteiger partial charge in [0.1, 0.15) is 9.84 Å². The fourth-order valence-corrected chi connectivity index (χ4v) is 2.70. The fourth-order valence-electron chi connectivity index (χ4n) is 1.52. The van der Waals surface area contributed by atoms with Crippen LogP contribution in [0.2, 0.25) is 0 Å². The zero-order chi connectivity index (χ0) is 14.6. The lowest BCUT2D eigenvalue weighted by molar-refractivity contribution is -0.385. The fraction of sp³-hybridized carbons (Fsp3) is 0.455. The lowest BCUT2D eigenvalue weighted by Gasteiger charge is -2.16. The molecule has 106 valence electrons. The zero-order valence-corrected chi connectivity index (χ0v) is 13.1. The van der Waals surface area contributed by atoms with Crippen molar-refractivity contribution in [3.8, 4) is 0 Å². The Hall–Kier alpha value is -0.990. The van der Waals surface area contributed by atoms with Gasteiger partial charge < -0.3 is 4.90 Å². The van der Waals surface area contributed by atoms with Crippen LogP contribution in [0, 0.1) is 10.1 Å². The number of hydrogen-bond donors (Lipinski definition) is 0. The third-order valence-corrected chi connectivity index (χ3v) is 4.38. The first-order valence-electron chi connectivity index (χ1n) is 5.49. The smallest absolute Gasteiger partial charge is 0.283 e. The normalized spacial score (nSPS) is 11.8. The Balaban J connectivity index is 2.77. The van der Waals surface area contributed by atoms with Crippen LogP contribution in [-0.4, -0.2) is 43.8 Å². The van der Waals surface area contributed by atoms with Gasteiger partial charge in [-0.2, -0.15) is 0 Å². The lowest BCUT2D eigenvalue weighted by atomic mass is 10.2. The second kappa shape index (κ2) is 6.44. The molecule has 0 unspecified atom stereocenters. The van der Waals surface area contributed by atoms with Gasteiger partial charge in [0.05, 0.1) is 15.1 Å². The van der Waals surface area contributed by atoms with Crippen molar-refractivity contribution in [2.45, 2.75) is 6.54 Å². The lowest BCUT2D eigenvalue weighted by Crippen LogP contribution is -2.25. The molecule has 0 amide bonds. The number of nitro groups is 1. The van der Waals surface area contributed by atoms with Gasteiger partial charge in [0, 0.05) is 25.4 Å². The quantitative estimate of drug-likeness (QED) is 0.577. The summed E-state index contributed by atoms with van der Waals surface area (Å²) in [5.41, 5.74) is 0.763. The minimum absolute atomic E-state index is 0.00835. The number of benzene rings is 1. The Morgan fingerprint density at radius 2 is 2.05 bits per heavy atom. The predicted octanol–water partition coefficient (Wildman–Crippen LogP) is 1.83. The van der Waals surface area contributed by atoms with E-state index in [2.05, 4.69) is 15.9 Å². The summed E-state index contributed by atoms with van der Waals surface area (Å²) in [5.74, 6) is 0.0655. The Labute approximate surface area is 120 Å². The molecule has 6 nitrogen and oxygen atoms in total. The number of rotatable bonds is 6. The van der Waals surface area contributed by atoms with Gasteiger partial charge in [-0.25, -0.2) is 8.42 Å². The summed E-state index contributed by atoms with van der Waals surface area (Å²) in [7, 11) is -1.23. The van der Waals surface area contributed by atoms with Crippen LogP contribution >= 0.6 is 15.9 Å². The van der Waals surface area contributed by atoms with Crippen LogP contribution in [0.25, 0.3) is 0 Å². The third kappa shape index (κ3) is 5.25. The van der Waals surface area contributed by atoms with Gasteiger partial charge in [0.15, 0.2) is 0 Å². The molecule has 0 fully saturated rings. The molecule has 19 heavy (non-hydrogen) atoms. The van der Waals surface area contributed by atoms with E-state index in [0.29, 0.717) is 17.6 Å². The van der Waals surface area contributed by atoms with Crippen molar-refractivity contribution in [3.63, 3.8) is 0 Å². The minimum Gasteiger partial charge on any atom is -0.301 e. The molecule has 1 aromatic carbocycles. The van der Waals surface area contributed by atoms with E-state index >= 15 is 0 Å². The van der Waals surface area contributed by atoms with Crippen LogP contribution in [0.15, 0.2) is 22.7 Å². The average molecular weight is 351 g/mol. The Morgan fingerprint density at radius 1 is 1.42 bits per heavy atom. The van der Waals surface area contributed by atoms with Gasteiger partial charge >= 0.3 is 0 Å². The molecule has 0 aliphatic heterocycles. The monoisotopic (exact) mass is 350 g/mol. The minimum atomic E-state index is -3.00. The molecule has 0 bridgehead atoms. The molecule has 1 rings (SSSR count). The van der Waals surface area contributed by atoms with E-state index in [4.69, 9.17) is 0 Å². The Bertz CT molecular complexity index is 574. The molecular weight excluding hydrogens is 336 g/mol. The number of sulfone groups is 1. The van der Waals surface area contributed by atoms with Crippen molar-refractivity contribution in [2.24, 2.45) is 0 Å². The number of halogens is 1. The van der Waals surface area contributed by atoms with Crippen LogP contribution in [0.5, 0.6) is 0 Å². The van der Waals surface area contributed by atoms with E-state index in [0.717, 1.165) is 5.56 Å². The van der Waals surface area contributed by atoms with Crippen molar-refractivity contribution in [2.75, 3.05) is 25.6 Å². The second-order valence-corrected chi connectivity index (χ2v) is 7.43. The number of nitro benzene ring substituents is 1. The molecule has 0 saturated heterocycles. The molecule has 0 heterocycles. The van der Waals surface area contributed by atoms with Crippen LogP contribution in [0.3, 0.4) is 0 Å². The summed E-state index contributed by atoms with van der Waals surface area (Å²) in [5, 5.41) is 10.8. The molecule has 1 aromatic rings. The maximum absolute atomic E-state index is 11.1. The molecule has 8 heteroatoms. The van der Waals surface area contributed by atoms with E-state index in [9.17, 15) is 18.5 Å². The van der Waals surface area contributed by atoms with Gasteiger partial charge in [-0.3, -0.25) is 10.1 Å². The molecule has 0 spiro atoms. The SMILES string of the molecule is CN(CCS(C)(=O)=O)Cc1cccc([N+](=O)[O-])c1Br. The maximum atomic E-state index is 11.1. The van der Waals surface area contributed by atoms with Crippen molar-refractivity contribution in [1.82, 2.24) is 4.90 Å². The van der Waals surface area contributed by atoms with Crippen LogP contribution in [-0.2, 0) is 16.4 Å². The topological polar surface area (TPSA) is 80.5 Å².